The third kappa shape index (κ3) is 1.06. The summed E-state index contributed by atoms with van der Waals surface area (Å²) in [7, 11) is 1.37. The van der Waals surface area contributed by atoms with Gasteiger partial charge in [-0.15, -0.1) is 0 Å². The van der Waals surface area contributed by atoms with Crippen LogP contribution in [-0.4, -0.2) is 23.6 Å². The van der Waals surface area contributed by atoms with Crippen LogP contribution in [0.15, 0.2) is 23.9 Å². The van der Waals surface area contributed by atoms with Crippen molar-refractivity contribution in [2.75, 3.05) is 7.11 Å². The predicted octanol–water partition coefficient (Wildman–Crippen LogP) is 0.830. The second-order valence-corrected chi connectivity index (χ2v) is 1.78. The van der Waals surface area contributed by atoms with E-state index in [1.54, 1.807) is 0 Å². The Morgan fingerprint density at radius 3 is 2.80 bits per heavy atom. The Balaban J connectivity index is 2.77. The largest absolute Gasteiger partial charge is 0.504 e. The van der Waals surface area contributed by atoms with Crippen molar-refractivity contribution >= 4 is 0 Å². The minimum absolute atomic E-state index is 0.224. The first-order chi connectivity index (χ1) is 4.75. The van der Waals surface area contributed by atoms with E-state index in [1.165, 1.54) is 19.4 Å². The molecule has 0 radical (unpaired) electrons. The van der Waals surface area contributed by atoms with Crippen molar-refractivity contribution < 1.29 is 19.7 Å². The highest BCUT2D eigenvalue weighted by atomic mass is 16.7. The van der Waals surface area contributed by atoms with Crippen LogP contribution in [0.4, 0.5) is 0 Å². The predicted molar refractivity (Wildman–Crippen MR) is 33.3 cm³/mol. The Labute approximate surface area is 58.0 Å². The van der Waals surface area contributed by atoms with Crippen LogP contribution < -0.4 is 0 Å². The molecule has 0 aromatic rings. The van der Waals surface area contributed by atoms with Gasteiger partial charge in [-0.1, -0.05) is 0 Å². The zero-order chi connectivity index (χ0) is 7.56. The fourth-order valence-electron chi connectivity index (χ4n) is 0.613. The van der Waals surface area contributed by atoms with E-state index in [-0.39, 0.29) is 11.5 Å². The monoisotopic (exact) mass is 144 g/mol. The molecule has 1 atom stereocenters. The number of aliphatic hydroxyl groups is 2. The van der Waals surface area contributed by atoms with Crippen LogP contribution in [0.3, 0.4) is 0 Å². The lowest BCUT2D eigenvalue weighted by atomic mass is 10.3. The summed E-state index contributed by atoms with van der Waals surface area (Å²) < 4.78 is 9.37. The van der Waals surface area contributed by atoms with Gasteiger partial charge in [-0.05, 0) is 0 Å². The van der Waals surface area contributed by atoms with Gasteiger partial charge in [0.15, 0.2) is 5.76 Å². The van der Waals surface area contributed by atoms with Crippen LogP contribution in [0.2, 0.25) is 0 Å². The maximum Gasteiger partial charge on any atom is 0.261 e. The minimum atomic E-state index is -0.870. The first kappa shape index (κ1) is 6.95. The van der Waals surface area contributed by atoms with E-state index in [2.05, 4.69) is 4.74 Å². The lowest BCUT2D eigenvalue weighted by Gasteiger charge is -2.17. The molecule has 10 heavy (non-hydrogen) atoms. The molecule has 1 aliphatic heterocycles. The fraction of sp³-hybridized carbons (Fsp3) is 0.333. The normalized spacial score (nSPS) is 24.7. The fourth-order valence-corrected chi connectivity index (χ4v) is 0.613. The average molecular weight is 144 g/mol. The van der Waals surface area contributed by atoms with Gasteiger partial charge in [0.05, 0.1) is 6.26 Å². The van der Waals surface area contributed by atoms with Gasteiger partial charge in [-0.3, -0.25) is 0 Å². The van der Waals surface area contributed by atoms with Crippen molar-refractivity contribution in [3.05, 3.63) is 23.9 Å². The molecular formula is C6H8O4. The van der Waals surface area contributed by atoms with Crippen molar-refractivity contribution in [2.45, 2.75) is 6.29 Å². The Kier molecular flexibility index (Phi) is 1.82. The molecular weight excluding hydrogens is 136 g/mol. The molecule has 1 rings (SSSR count). The van der Waals surface area contributed by atoms with Crippen LogP contribution in [0, 0.1) is 0 Å². The van der Waals surface area contributed by atoms with Gasteiger partial charge in [-0.2, -0.15) is 0 Å². The van der Waals surface area contributed by atoms with Crippen molar-refractivity contribution in [3.8, 4) is 0 Å². The Morgan fingerprint density at radius 2 is 2.30 bits per heavy atom. The quantitative estimate of drug-likeness (QED) is 0.572. The summed E-state index contributed by atoms with van der Waals surface area (Å²) in [6.45, 7) is 0. The van der Waals surface area contributed by atoms with Gasteiger partial charge in [0, 0.05) is 13.2 Å². The third-order valence-corrected chi connectivity index (χ3v) is 1.13. The maximum atomic E-state index is 8.97. The standard InChI is InChI=1S/C6H8O4/c1-9-6-5(8)4(7)2-3-10-6/h2-3,6-8H,1H3. The first-order valence-corrected chi connectivity index (χ1v) is 2.72. The first-order valence-electron chi connectivity index (χ1n) is 2.72. The average Bonchev–Trinajstić information content (AvgIpc) is 1.95. The molecule has 4 nitrogen and oxygen atoms in total. The smallest absolute Gasteiger partial charge is 0.261 e. The lowest BCUT2D eigenvalue weighted by Crippen LogP contribution is -2.19. The Hall–Kier alpha value is -1.16. The topological polar surface area (TPSA) is 58.9 Å². The summed E-state index contributed by atoms with van der Waals surface area (Å²) in [5, 5.41) is 17.8. The maximum absolute atomic E-state index is 8.97. The van der Waals surface area contributed by atoms with Gasteiger partial charge in [0.2, 0.25) is 5.76 Å². The summed E-state index contributed by atoms with van der Waals surface area (Å²) >= 11 is 0. The molecule has 1 heterocycles. The molecule has 0 fully saturated rings. The second-order valence-electron chi connectivity index (χ2n) is 1.78. The van der Waals surface area contributed by atoms with Crippen LogP contribution in [0.5, 0.6) is 0 Å². The van der Waals surface area contributed by atoms with E-state index in [1.807, 2.05) is 0 Å². The SMILES string of the molecule is COC1OC=CC(O)=C1O. The number of rotatable bonds is 1. The molecule has 56 valence electrons. The van der Waals surface area contributed by atoms with Gasteiger partial charge in [0.1, 0.15) is 0 Å². The highest BCUT2D eigenvalue weighted by Gasteiger charge is 2.19. The van der Waals surface area contributed by atoms with E-state index < -0.39 is 6.29 Å². The van der Waals surface area contributed by atoms with Gasteiger partial charge in [0.25, 0.3) is 6.29 Å². The molecule has 0 saturated carbocycles. The third-order valence-electron chi connectivity index (χ3n) is 1.13. The van der Waals surface area contributed by atoms with Crippen molar-refractivity contribution in [1.29, 1.82) is 0 Å². The summed E-state index contributed by atoms with van der Waals surface area (Å²) in [5.74, 6) is -0.525. The van der Waals surface area contributed by atoms with E-state index in [9.17, 15) is 0 Å². The zero-order valence-electron chi connectivity index (χ0n) is 5.44. The molecule has 0 amide bonds. The van der Waals surface area contributed by atoms with Crippen molar-refractivity contribution in [3.63, 3.8) is 0 Å². The number of aliphatic hydroxyl groups excluding tert-OH is 2. The van der Waals surface area contributed by atoms with Gasteiger partial charge >= 0.3 is 0 Å². The van der Waals surface area contributed by atoms with E-state index in [0.29, 0.717) is 0 Å². The van der Waals surface area contributed by atoms with Crippen molar-refractivity contribution in [2.24, 2.45) is 0 Å². The van der Waals surface area contributed by atoms with Crippen LogP contribution in [-0.2, 0) is 9.47 Å². The molecule has 0 aromatic heterocycles. The Bertz CT molecular complexity index is 182. The second kappa shape index (κ2) is 2.62. The van der Waals surface area contributed by atoms with Gasteiger partial charge in [-0.25, -0.2) is 0 Å². The molecule has 0 saturated heterocycles. The molecule has 0 aromatic carbocycles. The summed E-state index contributed by atoms with van der Waals surface area (Å²) in [6, 6.07) is 0. The zero-order valence-corrected chi connectivity index (χ0v) is 5.44. The molecule has 0 bridgehead atoms. The van der Waals surface area contributed by atoms with Crippen LogP contribution >= 0.6 is 0 Å². The molecule has 0 aliphatic carbocycles. The van der Waals surface area contributed by atoms with E-state index in [4.69, 9.17) is 14.9 Å². The van der Waals surface area contributed by atoms with Crippen LogP contribution in [0.1, 0.15) is 0 Å². The minimum Gasteiger partial charge on any atom is -0.504 e. The summed E-state index contributed by atoms with van der Waals surface area (Å²) in [6.07, 6.45) is 1.62. The number of methoxy groups -OCH3 is 1. The highest BCUT2D eigenvalue weighted by Crippen LogP contribution is 2.14. The summed E-state index contributed by atoms with van der Waals surface area (Å²) in [5.41, 5.74) is 0. The number of hydrogen-bond acceptors (Lipinski definition) is 4. The van der Waals surface area contributed by atoms with Crippen molar-refractivity contribution in [1.82, 2.24) is 0 Å². The molecule has 2 N–H and O–H groups in total. The molecule has 1 unspecified atom stereocenters. The molecule has 1 aliphatic rings. The van der Waals surface area contributed by atoms with Crippen LogP contribution in [0.25, 0.3) is 0 Å². The van der Waals surface area contributed by atoms with E-state index >= 15 is 0 Å². The number of ether oxygens (including phenoxy) is 2. The highest BCUT2D eigenvalue weighted by molar-refractivity contribution is 5.17. The number of allylic oxidation sites excluding steroid dienone is 1. The van der Waals surface area contributed by atoms with E-state index in [0.717, 1.165) is 0 Å². The number of hydrogen-bond donors (Lipinski definition) is 2. The molecule has 0 spiro atoms. The Morgan fingerprint density at radius 1 is 1.60 bits per heavy atom. The lowest BCUT2D eigenvalue weighted by molar-refractivity contribution is -0.0847. The van der Waals surface area contributed by atoms with Gasteiger partial charge < -0.3 is 19.7 Å². The summed E-state index contributed by atoms with van der Waals surface area (Å²) in [4.78, 5) is 0. The molecule has 4 heteroatoms.